The van der Waals surface area contributed by atoms with Crippen LogP contribution in [0.3, 0.4) is 0 Å². The van der Waals surface area contributed by atoms with E-state index in [9.17, 15) is 14.4 Å². The minimum Gasteiger partial charge on any atom is -0.352 e. The van der Waals surface area contributed by atoms with Gasteiger partial charge in [0, 0.05) is 37.8 Å². The number of nitrogens with zero attached hydrogens (tertiary/aromatic N) is 1. The summed E-state index contributed by atoms with van der Waals surface area (Å²) in [7, 11) is 0. The molecule has 2 heterocycles. The summed E-state index contributed by atoms with van der Waals surface area (Å²) in [6.45, 7) is 1.61. The van der Waals surface area contributed by atoms with E-state index in [4.69, 9.17) is 0 Å². The van der Waals surface area contributed by atoms with Crippen molar-refractivity contribution in [1.29, 1.82) is 0 Å². The number of aromatic nitrogens is 1. The zero-order valence-electron chi connectivity index (χ0n) is 13.9. The van der Waals surface area contributed by atoms with Gasteiger partial charge >= 0.3 is 0 Å². The van der Waals surface area contributed by atoms with Crippen LogP contribution >= 0.6 is 0 Å². The summed E-state index contributed by atoms with van der Waals surface area (Å²) < 4.78 is 0. The van der Waals surface area contributed by atoms with Gasteiger partial charge in [0.2, 0.25) is 11.5 Å². The Morgan fingerprint density at radius 1 is 1.08 bits per heavy atom. The fourth-order valence-corrected chi connectivity index (χ4v) is 3.00. The predicted octanol–water partition coefficient (Wildman–Crippen LogP) is 1.54. The number of nitrogens with one attached hydrogen (secondary N) is 2. The van der Waals surface area contributed by atoms with Crippen LogP contribution in [-0.4, -0.2) is 34.8 Å². The van der Waals surface area contributed by atoms with E-state index >= 15 is 0 Å². The molecule has 0 saturated carbocycles. The Morgan fingerprint density at radius 2 is 1.80 bits per heavy atom. The molecule has 0 atom stereocenters. The maximum atomic E-state index is 12.4. The molecule has 1 aromatic carbocycles. The first kappa shape index (κ1) is 17.0. The fourth-order valence-electron chi connectivity index (χ4n) is 3.00. The normalized spacial score (nSPS) is 15.0. The lowest BCUT2D eigenvalue weighted by atomic mass is 9.95. The number of hydrogen-bond acceptors (Lipinski definition) is 3. The van der Waals surface area contributed by atoms with Gasteiger partial charge in [-0.25, -0.2) is 0 Å². The van der Waals surface area contributed by atoms with Gasteiger partial charge < -0.3 is 15.2 Å². The third-order valence-electron chi connectivity index (χ3n) is 4.49. The van der Waals surface area contributed by atoms with Gasteiger partial charge in [0.15, 0.2) is 0 Å². The van der Waals surface area contributed by atoms with Gasteiger partial charge in [0.1, 0.15) is 0 Å². The third-order valence-corrected chi connectivity index (χ3v) is 4.49. The second-order valence-electron chi connectivity index (χ2n) is 6.21. The lowest BCUT2D eigenvalue weighted by Crippen LogP contribution is -2.43. The van der Waals surface area contributed by atoms with Gasteiger partial charge in [-0.15, -0.1) is 0 Å². The molecule has 1 aliphatic heterocycles. The molecule has 2 N–H and O–H groups in total. The second kappa shape index (κ2) is 7.79. The Hall–Kier alpha value is -2.89. The molecule has 0 unspecified atom stereocenters. The van der Waals surface area contributed by atoms with Crippen molar-refractivity contribution < 1.29 is 9.59 Å². The zero-order valence-corrected chi connectivity index (χ0v) is 13.9. The standard InChI is InChI=1S/C19H21N3O3/c23-17-7-6-16(13-20-17)19(25)22-10-8-15(9-11-22)18(24)21-12-14-4-2-1-3-5-14/h1-7,13,15H,8-12H2,(H,20,23)(H,21,24). The highest BCUT2D eigenvalue weighted by atomic mass is 16.2. The highest BCUT2D eigenvalue weighted by Gasteiger charge is 2.27. The number of hydrogen-bond donors (Lipinski definition) is 2. The molecule has 1 saturated heterocycles. The summed E-state index contributed by atoms with van der Waals surface area (Å²) in [6.07, 6.45) is 2.73. The maximum absolute atomic E-state index is 12.4. The van der Waals surface area contributed by atoms with E-state index in [2.05, 4.69) is 10.3 Å². The smallest absolute Gasteiger partial charge is 0.255 e. The van der Waals surface area contributed by atoms with Crippen LogP contribution in [0.15, 0.2) is 53.5 Å². The highest BCUT2D eigenvalue weighted by molar-refractivity contribution is 5.94. The topological polar surface area (TPSA) is 82.3 Å². The van der Waals surface area contributed by atoms with Gasteiger partial charge in [0.25, 0.3) is 5.91 Å². The molecule has 6 nitrogen and oxygen atoms in total. The second-order valence-corrected chi connectivity index (χ2v) is 6.21. The summed E-state index contributed by atoms with van der Waals surface area (Å²) in [5.41, 5.74) is 1.30. The molecule has 1 aliphatic rings. The number of H-pyrrole nitrogens is 1. The Kier molecular flexibility index (Phi) is 5.28. The molecule has 6 heteroatoms. The van der Waals surface area contributed by atoms with Crippen LogP contribution in [0.1, 0.15) is 28.8 Å². The molecule has 3 rings (SSSR count). The Bertz CT molecular complexity index is 773. The largest absolute Gasteiger partial charge is 0.352 e. The first-order valence-corrected chi connectivity index (χ1v) is 8.43. The number of carbonyl (C=O) groups is 2. The van der Waals surface area contributed by atoms with Crippen molar-refractivity contribution in [2.75, 3.05) is 13.1 Å². The minimum atomic E-state index is -0.231. The molecular weight excluding hydrogens is 318 g/mol. The Labute approximate surface area is 145 Å². The van der Waals surface area contributed by atoms with Crippen molar-refractivity contribution in [1.82, 2.24) is 15.2 Å². The van der Waals surface area contributed by atoms with Crippen molar-refractivity contribution in [3.63, 3.8) is 0 Å². The molecule has 25 heavy (non-hydrogen) atoms. The van der Waals surface area contributed by atoms with Crippen LogP contribution < -0.4 is 10.9 Å². The summed E-state index contributed by atoms with van der Waals surface area (Å²) in [5.74, 6) is -0.136. The molecule has 0 spiro atoms. The average molecular weight is 339 g/mol. The Balaban J connectivity index is 1.49. The average Bonchev–Trinajstić information content (AvgIpc) is 2.67. The number of likely N-dealkylation sites (tertiary alicyclic amines) is 1. The summed E-state index contributed by atoms with van der Waals surface area (Å²) in [4.78, 5) is 40.0. The van der Waals surface area contributed by atoms with Crippen LogP contribution in [0.5, 0.6) is 0 Å². The minimum absolute atomic E-state index is 0.0417. The van der Waals surface area contributed by atoms with Crippen molar-refractivity contribution in [3.05, 3.63) is 70.1 Å². The van der Waals surface area contributed by atoms with E-state index in [1.165, 1.54) is 18.3 Å². The van der Waals surface area contributed by atoms with Crippen molar-refractivity contribution in [2.45, 2.75) is 19.4 Å². The fraction of sp³-hybridized carbons (Fsp3) is 0.316. The number of rotatable bonds is 4. The molecular formula is C19H21N3O3. The SMILES string of the molecule is O=C(NCc1ccccc1)C1CCN(C(=O)c2ccc(=O)[nH]c2)CC1. The van der Waals surface area contributed by atoms with Crippen molar-refractivity contribution >= 4 is 11.8 Å². The number of piperidine rings is 1. The summed E-state index contributed by atoms with van der Waals surface area (Å²) in [6, 6.07) is 12.7. The summed E-state index contributed by atoms with van der Waals surface area (Å²) in [5, 5.41) is 2.97. The monoisotopic (exact) mass is 339 g/mol. The van der Waals surface area contributed by atoms with Crippen LogP contribution in [-0.2, 0) is 11.3 Å². The summed E-state index contributed by atoms with van der Waals surface area (Å²) >= 11 is 0. The quantitative estimate of drug-likeness (QED) is 0.886. The predicted molar refractivity (Wildman–Crippen MR) is 94.0 cm³/mol. The van der Waals surface area contributed by atoms with Crippen molar-refractivity contribution in [3.8, 4) is 0 Å². The van der Waals surface area contributed by atoms with Crippen LogP contribution in [0.4, 0.5) is 0 Å². The molecule has 1 fully saturated rings. The first-order chi connectivity index (χ1) is 12.1. The van der Waals surface area contributed by atoms with E-state index in [1.807, 2.05) is 30.3 Å². The molecule has 130 valence electrons. The molecule has 2 amide bonds. The number of aromatic amines is 1. The number of carbonyl (C=O) groups excluding carboxylic acids is 2. The van der Waals surface area contributed by atoms with Crippen molar-refractivity contribution in [2.24, 2.45) is 5.92 Å². The highest BCUT2D eigenvalue weighted by Crippen LogP contribution is 2.19. The van der Waals surface area contributed by atoms with Crippen LogP contribution in [0.25, 0.3) is 0 Å². The zero-order chi connectivity index (χ0) is 17.6. The number of amides is 2. The van der Waals surface area contributed by atoms with Gasteiger partial charge in [-0.05, 0) is 24.5 Å². The molecule has 2 aromatic rings. The van der Waals surface area contributed by atoms with E-state index in [0.717, 1.165) is 5.56 Å². The van der Waals surface area contributed by atoms with E-state index in [-0.39, 0.29) is 23.3 Å². The lowest BCUT2D eigenvalue weighted by Gasteiger charge is -2.31. The van der Waals surface area contributed by atoms with E-state index in [0.29, 0.717) is 38.0 Å². The molecule has 0 bridgehead atoms. The van der Waals surface area contributed by atoms with Gasteiger partial charge in [-0.2, -0.15) is 0 Å². The maximum Gasteiger partial charge on any atom is 0.255 e. The van der Waals surface area contributed by atoms with E-state index < -0.39 is 0 Å². The first-order valence-electron chi connectivity index (χ1n) is 8.43. The molecule has 0 aliphatic carbocycles. The molecule has 1 aromatic heterocycles. The lowest BCUT2D eigenvalue weighted by molar-refractivity contribution is -0.126. The van der Waals surface area contributed by atoms with Crippen LogP contribution in [0.2, 0.25) is 0 Å². The number of benzene rings is 1. The molecule has 0 radical (unpaired) electrons. The van der Waals surface area contributed by atoms with Gasteiger partial charge in [0.05, 0.1) is 5.56 Å². The van der Waals surface area contributed by atoms with E-state index in [1.54, 1.807) is 4.90 Å². The number of pyridine rings is 1. The Morgan fingerprint density at radius 3 is 2.44 bits per heavy atom. The van der Waals surface area contributed by atoms with Gasteiger partial charge in [-0.1, -0.05) is 30.3 Å². The third kappa shape index (κ3) is 4.35. The van der Waals surface area contributed by atoms with Crippen LogP contribution in [0, 0.1) is 5.92 Å². The van der Waals surface area contributed by atoms with Gasteiger partial charge in [-0.3, -0.25) is 14.4 Å².